The van der Waals surface area contributed by atoms with E-state index in [2.05, 4.69) is 0 Å². The number of carbonyl (C=O) groups excluding carboxylic acids is 4. The number of hydrogen-bond donors (Lipinski definition) is 0. The maximum atomic E-state index is 14.0. The molecule has 0 unspecified atom stereocenters. The Hall–Kier alpha value is -4.17. The molecule has 0 saturated carbocycles. The number of carbonyl (C=O) groups is 4. The molecule has 1 aliphatic carbocycles. The number of fused-ring (bicyclic) bond motifs is 3. The van der Waals surface area contributed by atoms with Gasteiger partial charge in [0, 0.05) is 11.1 Å². The summed E-state index contributed by atoms with van der Waals surface area (Å²) in [5.74, 6) is -5.35. The van der Waals surface area contributed by atoms with E-state index in [1.54, 1.807) is 43.3 Å². The van der Waals surface area contributed by atoms with Crippen LogP contribution in [0.15, 0.2) is 72.8 Å². The normalized spacial score (nSPS) is 23.9. The zero-order valence-electron chi connectivity index (χ0n) is 19.1. The van der Waals surface area contributed by atoms with Crippen LogP contribution in [0.5, 0.6) is 5.75 Å². The maximum absolute atomic E-state index is 14.0. The van der Waals surface area contributed by atoms with Gasteiger partial charge in [-0.05, 0) is 36.8 Å². The first-order chi connectivity index (χ1) is 17.4. The summed E-state index contributed by atoms with van der Waals surface area (Å²) in [6.45, 7) is 2.08. The molecule has 0 radical (unpaired) electrons. The van der Waals surface area contributed by atoms with Gasteiger partial charge >= 0.3 is 0 Å². The summed E-state index contributed by atoms with van der Waals surface area (Å²) in [5, 5.41) is 0. The molecule has 2 amide bonds. The van der Waals surface area contributed by atoms with Crippen molar-refractivity contribution in [3.05, 3.63) is 95.3 Å². The van der Waals surface area contributed by atoms with Crippen molar-refractivity contribution in [2.75, 3.05) is 11.5 Å². The zero-order chi connectivity index (χ0) is 25.2. The number of ether oxygens (including phenoxy) is 2. The van der Waals surface area contributed by atoms with Crippen molar-refractivity contribution in [3.8, 4) is 5.75 Å². The van der Waals surface area contributed by atoms with Gasteiger partial charge < -0.3 is 9.47 Å². The number of para-hydroxylation sites is 2. The Morgan fingerprint density at radius 3 is 2.11 bits per heavy atom. The molecule has 2 aliphatic heterocycles. The van der Waals surface area contributed by atoms with Crippen LogP contribution >= 0.6 is 0 Å². The van der Waals surface area contributed by atoms with Crippen molar-refractivity contribution < 1.29 is 33.0 Å². The number of Topliss-reactive ketones (excluding diaryl/α,β-unsaturated/α-hetero) is 2. The molecule has 0 N–H and O–H groups in total. The number of anilines is 1. The minimum Gasteiger partial charge on any atom is -0.492 e. The highest BCUT2D eigenvalue weighted by molar-refractivity contribution is 6.37. The van der Waals surface area contributed by atoms with Crippen LogP contribution in [0.3, 0.4) is 0 Å². The Kier molecular flexibility index (Phi) is 4.91. The molecule has 8 heteroatoms. The van der Waals surface area contributed by atoms with Crippen molar-refractivity contribution in [1.29, 1.82) is 0 Å². The first kappa shape index (κ1) is 22.3. The van der Waals surface area contributed by atoms with E-state index in [0.29, 0.717) is 17.9 Å². The highest BCUT2D eigenvalue weighted by Crippen LogP contribution is 2.58. The number of rotatable bonds is 4. The lowest BCUT2D eigenvalue weighted by atomic mass is 9.77. The van der Waals surface area contributed by atoms with Gasteiger partial charge in [0.15, 0.2) is 0 Å². The SMILES string of the molecule is CCOc1ccccc1N1C(=O)[C@H]2[C@@H](c3ccc(F)cc3)OC3(C(=O)c4ccccc4C3=O)[C@H]2C1=O. The molecule has 2 fully saturated rings. The van der Waals surface area contributed by atoms with Crippen LogP contribution in [-0.4, -0.2) is 35.6 Å². The number of benzene rings is 3. The van der Waals surface area contributed by atoms with Crippen LogP contribution in [0, 0.1) is 17.7 Å². The van der Waals surface area contributed by atoms with E-state index in [0.717, 1.165) is 4.90 Å². The molecule has 3 aromatic carbocycles. The van der Waals surface area contributed by atoms with Gasteiger partial charge in [0.1, 0.15) is 11.6 Å². The van der Waals surface area contributed by atoms with Gasteiger partial charge in [0.25, 0.3) is 0 Å². The molecule has 7 nitrogen and oxygen atoms in total. The van der Waals surface area contributed by atoms with Gasteiger partial charge in [-0.1, -0.05) is 48.5 Å². The third-order valence-corrected chi connectivity index (χ3v) is 7.12. The van der Waals surface area contributed by atoms with Crippen LogP contribution in [0.2, 0.25) is 0 Å². The molecule has 0 aromatic heterocycles. The third kappa shape index (κ3) is 2.82. The van der Waals surface area contributed by atoms with E-state index >= 15 is 0 Å². The minimum atomic E-state index is -2.19. The molecule has 2 heterocycles. The summed E-state index contributed by atoms with van der Waals surface area (Å²) in [6.07, 6.45) is -1.11. The Morgan fingerprint density at radius 2 is 1.47 bits per heavy atom. The van der Waals surface area contributed by atoms with Crippen LogP contribution in [-0.2, 0) is 14.3 Å². The molecule has 0 bridgehead atoms. The van der Waals surface area contributed by atoms with Crippen LogP contribution < -0.4 is 9.64 Å². The quantitative estimate of drug-likeness (QED) is 0.411. The fraction of sp³-hybridized carbons (Fsp3) is 0.214. The summed E-state index contributed by atoms with van der Waals surface area (Å²) < 4.78 is 25.5. The molecule has 6 rings (SSSR count). The van der Waals surface area contributed by atoms with E-state index in [-0.39, 0.29) is 16.8 Å². The molecular weight excluding hydrogens is 465 g/mol. The van der Waals surface area contributed by atoms with Crippen molar-refractivity contribution in [1.82, 2.24) is 0 Å². The first-order valence-electron chi connectivity index (χ1n) is 11.6. The summed E-state index contributed by atoms with van der Waals surface area (Å²) in [7, 11) is 0. The van der Waals surface area contributed by atoms with E-state index in [1.807, 2.05) is 0 Å². The highest BCUT2D eigenvalue weighted by Gasteiger charge is 2.74. The predicted octanol–water partition coefficient (Wildman–Crippen LogP) is 3.92. The van der Waals surface area contributed by atoms with E-state index < -0.39 is 52.7 Å². The second kappa shape index (κ2) is 7.93. The van der Waals surface area contributed by atoms with Gasteiger partial charge in [0.05, 0.1) is 30.2 Å². The maximum Gasteiger partial charge on any atom is 0.241 e. The fourth-order valence-electron chi connectivity index (χ4n) is 5.63. The molecule has 3 atom stereocenters. The van der Waals surface area contributed by atoms with Crippen molar-refractivity contribution in [2.45, 2.75) is 18.6 Å². The molecule has 180 valence electrons. The van der Waals surface area contributed by atoms with Crippen LogP contribution in [0.25, 0.3) is 0 Å². The lowest BCUT2D eigenvalue weighted by molar-refractivity contribution is -0.127. The number of halogens is 1. The minimum absolute atomic E-state index is 0.148. The summed E-state index contributed by atoms with van der Waals surface area (Å²) in [4.78, 5) is 56.4. The second-order valence-electron chi connectivity index (χ2n) is 8.95. The monoisotopic (exact) mass is 485 g/mol. The number of ketones is 2. The highest BCUT2D eigenvalue weighted by atomic mass is 19.1. The molecule has 36 heavy (non-hydrogen) atoms. The average Bonchev–Trinajstić information content (AvgIpc) is 3.45. The zero-order valence-corrected chi connectivity index (χ0v) is 19.1. The molecular formula is C28H20FNO6. The van der Waals surface area contributed by atoms with Crippen molar-refractivity contribution in [2.24, 2.45) is 11.8 Å². The molecule has 2 saturated heterocycles. The standard InChI is InChI=1S/C28H20FNO6/c1-2-35-20-10-6-5-9-19(20)30-26(33)21-22(27(30)34)28(36-23(21)15-11-13-16(29)14-12-15)24(31)17-7-3-4-8-18(17)25(28)32/h3-14,21-23H,2H2,1H3/t21-,22-,23-/m1/s1. The van der Waals surface area contributed by atoms with Gasteiger partial charge in [-0.25, -0.2) is 9.29 Å². The molecule has 3 aliphatic rings. The molecule has 1 spiro atoms. The van der Waals surface area contributed by atoms with Crippen LogP contribution in [0.1, 0.15) is 39.3 Å². The lowest BCUT2D eigenvalue weighted by Gasteiger charge is -2.27. The van der Waals surface area contributed by atoms with Gasteiger partial charge in [0.2, 0.25) is 29.0 Å². The summed E-state index contributed by atoms with van der Waals surface area (Å²) in [6, 6.07) is 18.1. The van der Waals surface area contributed by atoms with E-state index in [4.69, 9.17) is 9.47 Å². The molecule has 3 aromatic rings. The Balaban J connectivity index is 1.54. The second-order valence-corrected chi connectivity index (χ2v) is 8.95. The number of hydrogen-bond acceptors (Lipinski definition) is 6. The Bertz CT molecular complexity index is 1410. The first-order valence-corrected chi connectivity index (χ1v) is 11.6. The summed E-state index contributed by atoms with van der Waals surface area (Å²) in [5.41, 5.74) is -1.27. The Labute approximate surface area is 205 Å². The summed E-state index contributed by atoms with van der Waals surface area (Å²) >= 11 is 0. The Morgan fingerprint density at radius 1 is 0.861 bits per heavy atom. The van der Waals surface area contributed by atoms with Gasteiger partial charge in [-0.2, -0.15) is 0 Å². The topological polar surface area (TPSA) is 90.0 Å². The predicted molar refractivity (Wildman–Crippen MR) is 125 cm³/mol. The smallest absolute Gasteiger partial charge is 0.241 e. The van der Waals surface area contributed by atoms with Crippen LogP contribution in [0.4, 0.5) is 10.1 Å². The van der Waals surface area contributed by atoms with Crippen molar-refractivity contribution in [3.63, 3.8) is 0 Å². The largest absolute Gasteiger partial charge is 0.492 e. The van der Waals surface area contributed by atoms with E-state index in [9.17, 15) is 23.6 Å². The van der Waals surface area contributed by atoms with E-state index in [1.165, 1.54) is 36.4 Å². The lowest BCUT2D eigenvalue weighted by Crippen LogP contribution is -2.51. The number of imide groups is 1. The number of amides is 2. The van der Waals surface area contributed by atoms with Gasteiger partial charge in [-0.15, -0.1) is 0 Å². The fourth-order valence-corrected chi connectivity index (χ4v) is 5.63. The van der Waals surface area contributed by atoms with Gasteiger partial charge in [-0.3, -0.25) is 19.2 Å². The average molecular weight is 485 g/mol. The van der Waals surface area contributed by atoms with Crippen molar-refractivity contribution >= 4 is 29.1 Å². The number of nitrogens with zero attached hydrogens (tertiary/aromatic N) is 1. The third-order valence-electron chi connectivity index (χ3n) is 7.12.